The molecule has 1 aromatic rings. The van der Waals surface area contributed by atoms with Gasteiger partial charge in [-0.3, -0.25) is 10.1 Å². The summed E-state index contributed by atoms with van der Waals surface area (Å²) in [6.07, 6.45) is 2.89. The summed E-state index contributed by atoms with van der Waals surface area (Å²) in [4.78, 5) is 23.6. The number of benzene rings is 1. The number of carboxylic acid groups (broad SMARTS) is 1. The molecular weight excluding hydrogens is 248 g/mol. The Morgan fingerprint density at radius 3 is 2.89 bits per heavy atom. The maximum atomic E-state index is 11.3. The van der Waals surface area contributed by atoms with Crippen LogP contribution in [0.3, 0.4) is 0 Å². The van der Waals surface area contributed by atoms with Gasteiger partial charge in [-0.05, 0) is 25.3 Å². The minimum absolute atomic E-state index is 0.0678. The monoisotopic (exact) mass is 264 g/mol. The van der Waals surface area contributed by atoms with Crippen LogP contribution in [-0.2, 0) is 0 Å². The number of anilines is 1. The number of carboxylic acids is 1. The van der Waals surface area contributed by atoms with Gasteiger partial charge in [0.05, 0.1) is 16.2 Å². The molecule has 6 heteroatoms. The smallest absolute Gasteiger partial charge is 0.337 e. The van der Waals surface area contributed by atoms with E-state index in [-0.39, 0.29) is 17.3 Å². The van der Waals surface area contributed by atoms with Crippen molar-refractivity contribution in [2.24, 2.45) is 0 Å². The molecule has 0 radical (unpaired) electrons. The first-order valence-electron chi connectivity index (χ1n) is 6.33. The van der Waals surface area contributed by atoms with Gasteiger partial charge in [0.1, 0.15) is 0 Å². The second-order valence-electron chi connectivity index (χ2n) is 4.66. The van der Waals surface area contributed by atoms with Crippen molar-refractivity contribution in [1.82, 2.24) is 0 Å². The van der Waals surface area contributed by atoms with Gasteiger partial charge in [0.2, 0.25) is 0 Å². The van der Waals surface area contributed by atoms with E-state index in [1.807, 2.05) is 11.8 Å². The Morgan fingerprint density at radius 1 is 1.58 bits per heavy atom. The summed E-state index contributed by atoms with van der Waals surface area (Å²) >= 11 is 0. The molecule has 102 valence electrons. The number of nitrogens with zero attached hydrogens (tertiary/aromatic N) is 2. The fourth-order valence-electron chi connectivity index (χ4n) is 2.63. The molecule has 0 bridgehead atoms. The second-order valence-corrected chi connectivity index (χ2v) is 4.66. The van der Waals surface area contributed by atoms with E-state index < -0.39 is 10.9 Å². The van der Waals surface area contributed by atoms with Crippen molar-refractivity contribution in [3.05, 3.63) is 33.9 Å². The number of aromatic carboxylic acids is 1. The van der Waals surface area contributed by atoms with E-state index >= 15 is 0 Å². The van der Waals surface area contributed by atoms with Gasteiger partial charge < -0.3 is 10.0 Å². The fourth-order valence-corrected chi connectivity index (χ4v) is 2.63. The van der Waals surface area contributed by atoms with Crippen LogP contribution in [0.1, 0.15) is 36.5 Å². The minimum Gasteiger partial charge on any atom is -0.478 e. The van der Waals surface area contributed by atoms with Crippen LogP contribution in [0.4, 0.5) is 11.4 Å². The van der Waals surface area contributed by atoms with Gasteiger partial charge in [0.25, 0.3) is 5.69 Å². The van der Waals surface area contributed by atoms with Crippen LogP contribution >= 0.6 is 0 Å². The van der Waals surface area contributed by atoms with Crippen LogP contribution in [0, 0.1) is 10.1 Å². The van der Waals surface area contributed by atoms with Crippen molar-refractivity contribution in [3.63, 3.8) is 0 Å². The standard InChI is InChI=1S/C13H16N2O4/c1-2-9-4-3-7-14(9)12-8-10(15(18)19)5-6-11(12)13(16)17/h5-6,8-9H,2-4,7H2,1H3,(H,16,17). The molecule has 2 rings (SSSR count). The number of hydrogen-bond donors (Lipinski definition) is 1. The molecule has 1 N–H and O–H groups in total. The summed E-state index contributed by atoms with van der Waals surface area (Å²) in [5.74, 6) is -1.05. The zero-order valence-corrected chi connectivity index (χ0v) is 10.7. The summed E-state index contributed by atoms with van der Waals surface area (Å²) in [6.45, 7) is 2.79. The number of hydrogen-bond acceptors (Lipinski definition) is 4. The van der Waals surface area contributed by atoms with Gasteiger partial charge >= 0.3 is 5.97 Å². The third-order valence-corrected chi connectivity index (χ3v) is 3.58. The van der Waals surface area contributed by atoms with E-state index in [0.717, 1.165) is 25.8 Å². The maximum Gasteiger partial charge on any atom is 0.337 e. The summed E-state index contributed by atoms with van der Waals surface area (Å²) < 4.78 is 0. The molecule has 1 heterocycles. The lowest BCUT2D eigenvalue weighted by molar-refractivity contribution is -0.384. The Morgan fingerprint density at radius 2 is 2.32 bits per heavy atom. The number of carbonyl (C=O) groups is 1. The quantitative estimate of drug-likeness (QED) is 0.667. The highest BCUT2D eigenvalue weighted by molar-refractivity contribution is 5.95. The van der Waals surface area contributed by atoms with Crippen molar-refractivity contribution in [2.75, 3.05) is 11.4 Å². The van der Waals surface area contributed by atoms with Gasteiger partial charge in [-0.2, -0.15) is 0 Å². The van der Waals surface area contributed by atoms with Crippen LogP contribution in [0.2, 0.25) is 0 Å². The van der Waals surface area contributed by atoms with Gasteiger partial charge in [0, 0.05) is 24.7 Å². The predicted octanol–water partition coefficient (Wildman–Crippen LogP) is 2.67. The number of rotatable bonds is 4. The zero-order valence-electron chi connectivity index (χ0n) is 10.7. The third-order valence-electron chi connectivity index (χ3n) is 3.58. The van der Waals surface area contributed by atoms with Crippen molar-refractivity contribution in [1.29, 1.82) is 0 Å². The summed E-state index contributed by atoms with van der Waals surface area (Å²) in [6, 6.07) is 4.20. The molecule has 1 aromatic carbocycles. The summed E-state index contributed by atoms with van der Waals surface area (Å²) in [5.41, 5.74) is 0.527. The van der Waals surface area contributed by atoms with Crippen LogP contribution in [0.25, 0.3) is 0 Å². The lowest BCUT2D eigenvalue weighted by Crippen LogP contribution is -2.30. The second kappa shape index (κ2) is 5.26. The van der Waals surface area contributed by atoms with Gasteiger partial charge in [-0.15, -0.1) is 0 Å². The van der Waals surface area contributed by atoms with E-state index in [4.69, 9.17) is 0 Å². The molecule has 0 spiro atoms. The first kappa shape index (κ1) is 13.3. The average Bonchev–Trinajstić information content (AvgIpc) is 2.85. The normalized spacial score (nSPS) is 18.6. The van der Waals surface area contributed by atoms with E-state index in [1.54, 1.807) is 0 Å². The molecule has 19 heavy (non-hydrogen) atoms. The van der Waals surface area contributed by atoms with Crippen LogP contribution in [0.5, 0.6) is 0 Å². The molecule has 0 saturated carbocycles. The first-order valence-corrected chi connectivity index (χ1v) is 6.33. The molecule has 0 amide bonds. The van der Waals surface area contributed by atoms with Crippen molar-refractivity contribution >= 4 is 17.3 Å². The Labute approximate surface area is 110 Å². The first-order chi connectivity index (χ1) is 9.04. The molecule has 1 atom stereocenters. The Balaban J connectivity index is 2.48. The highest BCUT2D eigenvalue weighted by Crippen LogP contribution is 2.32. The number of non-ortho nitro benzene ring substituents is 1. The largest absolute Gasteiger partial charge is 0.478 e. The van der Waals surface area contributed by atoms with E-state index in [2.05, 4.69) is 0 Å². The number of nitro groups is 1. The Kier molecular flexibility index (Phi) is 3.69. The Hall–Kier alpha value is -2.11. The topological polar surface area (TPSA) is 83.7 Å². The van der Waals surface area contributed by atoms with Gasteiger partial charge in [-0.25, -0.2) is 4.79 Å². The molecule has 1 unspecified atom stereocenters. The molecule has 1 saturated heterocycles. The van der Waals surface area contributed by atoms with Gasteiger partial charge in [-0.1, -0.05) is 6.92 Å². The van der Waals surface area contributed by atoms with Crippen LogP contribution < -0.4 is 4.90 Å². The van der Waals surface area contributed by atoms with E-state index in [9.17, 15) is 20.0 Å². The molecular formula is C13H16N2O4. The van der Waals surface area contributed by atoms with Crippen LogP contribution in [0.15, 0.2) is 18.2 Å². The van der Waals surface area contributed by atoms with E-state index in [0.29, 0.717) is 5.69 Å². The van der Waals surface area contributed by atoms with Crippen molar-refractivity contribution in [3.8, 4) is 0 Å². The molecule has 0 aromatic heterocycles. The molecule has 1 fully saturated rings. The molecule has 6 nitrogen and oxygen atoms in total. The summed E-state index contributed by atoms with van der Waals surface area (Å²) in [7, 11) is 0. The molecule has 1 aliphatic heterocycles. The lowest BCUT2D eigenvalue weighted by Gasteiger charge is -2.27. The summed E-state index contributed by atoms with van der Waals surface area (Å²) in [5, 5.41) is 20.1. The Bertz CT molecular complexity index is 515. The zero-order chi connectivity index (χ0) is 14.0. The number of nitro benzene ring substituents is 1. The maximum absolute atomic E-state index is 11.3. The minimum atomic E-state index is -1.05. The third kappa shape index (κ3) is 2.52. The SMILES string of the molecule is CCC1CCCN1c1cc([N+](=O)[O-])ccc1C(=O)O. The van der Waals surface area contributed by atoms with Crippen molar-refractivity contribution in [2.45, 2.75) is 32.2 Å². The highest BCUT2D eigenvalue weighted by atomic mass is 16.6. The van der Waals surface area contributed by atoms with E-state index in [1.165, 1.54) is 18.2 Å². The van der Waals surface area contributed by atoms with Gasteiger partial charge in [0.15, 0.2) is 0 Å². The highest BCUT2D eigenvalue weighted by Gasteiger charge is 2.28. The molecule has 1 aliphatic rings. The molecule has 0 aliphatic carbocycles. The average molecular weight is 264 g/mol. The van der Waals surface area contributed by atoms with Crippen molar-refractivity contribution < 1.29 is 14.8 Å². The predicted molar refractivity (Wildman–Crippen MR) is 70.7 cm³/mol. The van der Waals surface area contributed by atoms with Crippen LogP contribution in [-0.4, -0.2) is 28.6 Å². The lowest BCUT2D eigenvalue weighted by atomic mass is 10.1. The fraction of sp³-hybridized carbons (Fsp3) is 0.462.